The third-order valence-corrected chi connectivity index (χ3v) is 5.94. The molecule has 31 heavy (non-hydrogen) atoms. The Hall–Kier alpha value is -3.52. The van der Waals surface area contributed by atoms with Gasteiger partial charge in [-0.05, 0) is 42.0 Å². The quantitative estimate of drug-likeness (QED) is 0.637. The van der Waals surface area contributed by atoms with Crippen molar-refractivity contribution in [3.63, 3.8) is 0 Å². The molecule has 1 heterocycles. The summed E-state index contributed by atoms with van der Waals surface area (Å²) in [5, 5.41) is 2.77. The number of rotatable bonds is 6. The largest absolute Gasteiger partial charge is 0.489 e. The molecule has 1 atom stereocenters. The normalized spacial score (nSPS) is 15.5. The van der Waals surface area contributed by atoms with Crippen LogP contribution in [0.3, 0.4) is 0 Å². The molecule has 3 aromatic carbocycles. The fourth-order valence-electron chi connectivity index (χ4n) is 3.25. The first kappa shape index (κ1) is 20.7. The molecule has 4 rings (SSSR count). The van der Waals surface area contributed by atoms with Gasteiger partial charge in [-0.2, -0.15) is 0 Å². The maximum absolute atomic E-state index is 12.8. The van der Waals surface area contributed by atoms with Gasteiger partial charge in [0.15, 0.2) is 6.10 Å². The lowest BCUT2D eigenvalue weighted by atomic mass is 10.2. The average Bonchev–Trinajstić information content (AvgIpc) is 2.78. The van der Waals surface area contributed by atoms with Crippen LogP contribution >= 0.6 is 0 Å². The summed E-state index contributed by atoms with van der Waals surface area (Å²) in [7, 11) is -3.56. The highest BCUT2D eigenvalue weighted by Crippen LogP contribution is 2.34. The van der Waals surface area contributed by atoms with Crippen LogP contribution in [0.15, 0.2) is 78.9 Å². The van der Waals surface area contributed by atoms with Crippen LogP contribution in [-0.4, -0.2) is 33.2 Å². The molecule has 1 unspecified atom stereocenters. The zero-order valence-electron chi connectivity index (χ0n) is 16.9. The molecule has 0 saturated heterocycles. The van der Waals surface area contributed by atoms with Crippen LogP contribution < -0.4 is 19.1 Å². The molecule has 1 N–H and O–H groups in total. The SMILES string of the molecule is CS(=O)(=O)N1CC(C(=O)Nc2ccc(OCc3ccccc3)cc2)Oc2ccccc21. The van der Waals surface area contributed by atoms with Crippen molar-refractivity contribution in [2.45, 2.75) is 12.7 Å². The summed E-state index contributed by atoms with van der Waals surface area (Å²) in [4.78, 5) is 12.8. The van der Waals surface area contributed by atoms with Gasteiger partial charge < -0.3 is 14.8 Å². The lowest BCUT2D eigenvalue weighted by Gasteiger charge is -2.33. The summed E-state index contributed by atoms with van der Waals surface area (Å²) in [6, 6.07) is 23.5. The summed E-state index contributed by atoms with van der Waals surface area (Å²) >= 11 is 0. The van der Waals surface area contributed by atoms with E-state index in [0.29, 0.717) is 29.5 Å². The van der Waals surface area contributed by atoms with Crippen molar-refractivity contribution in [3.8, 4) is 11.5 Å². The lowest BCUT2D eigenvalue weighted by molar-refractivity contribution is -0.122. The van der Waals surface area contributed by atoms with Gasteiger partial charge in [-0.25, -0.2) is 8.42 Å². The Balaban J connectivity index is 1.41. The number of fused-ring (bicyclic) bond motifs is 1. The Kier molecular flexibility index (Phi) is 5.81. The van der Waals surface area contributed by atoms with Crippen LogP contribution in [-0.2, 0) is 21.4 Å². The van der Waals surface area contributed by atoms with E-state index in [1.165, 1.54) is 4.31 Å². The fraction of sp³-hybridized carbons (Fsp3) is 0.174. The number of carbonyl (C=O) groups excluding carboxylic acids is 1. The monoisotopic (exact) mass is 438 g/mol. The predicted molar refractivity (Wildman–Crippen MR) is 119 cm³/mol. The van der Waals surface area contributed by atoms with Crippen molar-refractivity contribution in [1.82, 2.24) is 0 Å². The van der Waals surface area contributed by atoms with Crippen LogP contribution in [0.5, 0.6) is 11.5 Å². The standard InChI is InChI=1S/C23H22N2O5S/c1-31(27,28)25-15-22(30-21-10-6-5-9-20(21)25)23(26)24-18-11-13-19(14-12-18)29-16-17-7-3-2-4-8-17/h2-14,22H,15-16H2,1H3,(H,24,26). The van der Waals surface area contributed by atoms with E-state index in [0.717, 1.165) is 11.8 Å². The van der Waals surface area contributed by atoms with Crippen molar-refractivity contribution in [2.75, 3.05) is 22.4 Å². The number of sulfonamides is 1. The third-order valence-electron chi connectivity index (χ3n) is 4.80. The number of nitrogens with zero attached hydrogens (tertiary/aromatic N) is 1. The number of amides is 1. The van der Waals surface area contributed by atoms with Gasteiger partial charge in [0.1, 0.15) is 18.1 Å². The van der Waals surface area contributed by atoms with E-state index in [1.807, 2.05) is 30.3 Å². The Morgan fingerprint density at radius 2 is 1.71 bits per heavy atom. The molecule has 0 spiro atoms. The molecular formula is C23H22N2O5S. The molecular weight excluding hydrogens is 416 g/mol. The molecule has 3 aromatic rings. The van der Waals surface area contributed by atoms with Crippen molar-refractivity contribution >= 4 is 27.3 Å². The summed E-state index contributed by atoms with van der Waals surface area (Å²) < 4.78 is 37.1. The molecule has 0 radical (unpaired) electrons. The maximum atomic E-state index is 12.8. The van der Waals surface area contributed by atoms with Gasteiger partial charge in [-0.3, -0.25) is 9.10 Å². The number of anilines is 2. The maximum Gasteiger partial charge on any atom is 0.267 e. The molecule has 8 heteroatoms. The van der Waals surface area contributed by atoms with Crippen LogP contribution in [0, 0.1) is 0 Å². The van der Waals surface area contributed by atoms with Crippen molar-refractivity contribution in [3.05, 3.63) is 84.4 Å². The Morgan fingerprint density at radius 3 is 2.42 bits per heavy atom. The first-order valence-electron chi connectivity index (χ1n) is 9.71. The van der Waals surface area contributed by atoms with E-state index in [9.17, 15) is 13.2 Å². The summed E-state index contributed by atoms with van der Waals surface area (Å²) in [5.41, 5.74) is 2.05. The minimum Gasteiger partial charge on any atom is -0.489 e. The molecule has 7 nitrogen and oxygen atoms in total. The zero-order valence-corrected chi connectivity index (χ0v) is 17.7. The highest BCUT2D eigenvalue weighted by atomic mass is 32.2. The zero-order chi connectivity index (χ0) is 21.8. The number of carbonyl (C=O) groups is 1. The van der Waals surface area contributed by atoms with Crippen molar-refractivity contribution in [1.29, 1.82) is 0 Å². The summed E-state index contributed by atoms with van der Waals surface area (Å²) in [5.74, 6) is 0.595. The molecule has 0 saturated carbocycles. The molecule has 0 aromatic heterocycles. The second-order valence-electron chi connectivity index (χ2n) is 7.16. The fourth-order valence-corrected chi connectivity index (χ4v) is 4.17. The highest BCUT2D eigenvalue weighted by molar-refractivity contribution is 7.92. The van der Waals surface area contributed by atoms with Gasteiger partial charge >= 0.3 is 0 Å². The first-order valence-corrected chi connectivity index (χ1v) is 11.6. The van der Waals surface area contributed by atoms with Gasteiger partial charge in [0.05, 0.1) is 18.5 Å². The predicted octanol–water partition coefficient (Wildman–Crippen LogP) is 3.43. The second kappa shape index (κ2) is 8.69. The van der Waals surface area contributed by atoms with Gasteiger partial charge in [-0.15, -0.1) is 0 Å². The highest BCUT2D eigenvalue weighted by Gasteiger charge is 2.34. The number of hydrogen-bond donors (Lipinski definition) is 1. The average molecular weight is 439 g/mol. The van der Waals surface area contributed by atoms with E-state index in [-0.39, 0.29) is 6.54 Å². The Labute approximate surface area is 181 Å². The minimum absolute atomic E-state index is 0.0973. The van der Waals surface area contributed by atoms with E-state index < -0.39 is 22.0 Å². The molecule has 0 fully saturated rings. The van der Waals surface area contributed by atoms with Crippen LogP contribution in [0.1, 0.15) is 5.56 Å². The molecule has 1 aliphatic rings. The van der Waals surface area contributed by atoms with Crippen LogP contribution in [0.2, 0.25) is 0 Å². The van der Waals surface area contributed by atoms with Gasteiger partial charge in [0, 0.05) is 5.69 Å². The number of hydrogen-bond acceptors (Lipinski definition) is 5. The van der Waals surface area contributed by atoms with E-state index in [4.69, 9.17) is 9.47 Å². The summed E-state index contributed by atoms with van der Waals surface area (Å²) in [6.45, 7) is 0.350. The number of nitrogens with one attached hydrogen (secondary N) is 1. The molecule has 0 aliphatic carbocycles. The first-order chi connectivity index (χ1) is 14.9. The third kappa shape index (κ3) is 4.97. The van der Waals surface area contributed by atoms with E-state index >= 15 is 0 Å². The molecule has 160 valence electrons. The smallest absolute Gasteiger partial charge is 0.267 e. The Morgan fingerprint density at radius 1 is 1.03 bits per heavy atom. The number of ether oxygens (including phenoxy) is 2. The topological polar surface area (TPSA) is 84.9 Å². The number of para-hydroxylation sites is 2. The van der Waals surface area contributed by atoms with E-state index in [2.05, 4.69) is 5.32 Å². The minimum atomic E-state index is -3.56. The second-order valence-corrected chi connectivity index (χ2v) is 9.06. The van der Waals surface area contributed by atoms with Crippen LogP contribution in [0.4, 0.5) is 11.4 Å². The van der Waals surface area contributed by atoms with Gasteiger partial charge in [-0.1, -0.05) is 42.5 Å². The van der Waals surface area contributed by atoms with Crippen molar-refractivity contribution in [2.24, 2.45) is 0 Å². The van der Waals surface area contributed by atoms with Gasteiger partial charge in [0.2, 0.25) is 10.0 Å². The molecule has 1 amide bonds. The Bertz CT molecular complexity index is 1160. The van der Waals surface area contributed by atoms with E-state index in [1.54, 1.807) is 48.5 Å². The molecule has 1 aliphatic heterocycles. The van der Waals surface area contributed by atoms with Gasteiger partial charge in [0.25, 0.3) is 5.91 Å². The van der Waals surface area contributed by atoms with Crippen molar-refractivity contribution < 1.29 is 22.7 Å². The molecule has 0 bridgehead atoms. The summed E-state index contributed by atoms with van der Waals surface area (Å²) in [6.07, 6.45) is 0.136. The lowest BCUT2D eigenvalue weighted by Crippen LogP contribution is -2.48. The van der Waals surface area contributed by atoms with Crippen LogP contribution in [0.25, 0.3) is 0 Å². The number of benzene rings is 3.